The second kappa shape index (κ2) is 5.82. The first kappa shape index (κ1) is 14.5. The molecule has 0 aliphatic carbocycles. The normalized spacial score (nSPS) is 10.9. The number of halogens is 1. The zero-order chi connectivity index (χ0) is 16.5. The highest BCUT2D eigenvalue weighted by molar-refractivity contribution is 7.20. The van der Waals surface area contributed by atoms with Crippen molar-refractivity contribution in [1.82, 2.24) is 19.8 Å². The number of hydrogen-bond donors (Lipinski definition) is 1. The van der Waals surface area contributed by atoms with Crippen molar-refractivity contribution in [2.75, 3.05) is 5.32 Å². The molecule has 4 aromatic rings. The van der Waals surface area contributed by atoms with Crippen LogP contribution in [0.15, 0.2) is 54.6 Å². The number of anilines is 1. The number of nitrogens with one attached hydrogen (secondary N) is 1. The lowest BCUT2D eigenvalue weighted by atomic mass is 10.2. The van der Waals surface area contributed by atoms with E-state index in [1.54, 1.807) is 4.52 Å². The Bertz CT molecular complexity index is 1030. The zero-order valence-corrected chi connectivity index (χ0v) is 13.0. The third-order valence-corrected chi connectivity index (χ3v) is 4.14. The van der Waals surface area contributed by atoms with E-state index in [1.165, 1.54) is 35.6 Å². The summed E-state index contributed by atoms with van der Waals surface area (Å²) in [7, 11) is 0. The van der Waals surface area contributed by atoms with Gasteiger partial charge in [0.2, 0.25) is 10.1 Å². The van der Waals surface area contributed by atoms with Gasteiger partial charge in [0.05, 0.1) is 0 Å². The van der Waals surface area contributed by atoms with Crippen LogP contribution in [0.3, 0.4) is 0 Å². The lowest BCUT2D eigenvalue weighted by molar-refractivity contribution is 0.102. The number of benzene rings is 2. The van der Waals surface area contributed by atoms with Crippen molar-refractivity contribution in [3.05, 3.63) is 66.0 Å². The summed E-state index contributed by atoms with van der Waals surface area (Å²) in [5, 5.41) is 15.5. The molecular weight excluding hydrogens is 329 g/mol. The van der Waals surface area contributed by atoms with Crippen molar-refractivity contribution < 1.29 is 9.18 Å². The Morgan fingerprint density at radius 2 is 1.92 bits per heavy atom. The molecule has 0 fully saturated rings. The van der Waals surface area contributed by atoms with Crippen molar-refractivity contribution in [3.63, 3.8) is 0 Å². The molecule has 8 heteroatoms. The molecule has 0 saturated carbocycles. The second-order valence-electron chi connectivity index (χ2n) is 4.96. The predicted molar refractivity (Wildman–Crippen MR) is 88.4 cm³/mol. The molecule has 0 aliphatic rings. The summed E-state index contributed by atoms with van der Waals surface area (Å²) in [5.41, 5.74) is 1.10. The molecule has 0 bridgehead atoms. The number of carbonyl (C=O) groups excluding carboxylic acids is 1. The summed E-state index contributed by atoms with van der Waals surface area (Å²) in [6, 6.07) is 15.0. The van der Waals surface area contributed by atoms with E-state index in [0.29, 0.717) is 15.9 Å². The first-order chi connectivity index (χ1) is 11.7. The van der Waals surface area contributed by atoms with Crippen LogP contribution in [0.2, 0.25) is 0 Å². The third kappa shape index (κ3) is 2.63. The topological polar surface area (TPSA) is 72.2 Å². The molecule has 24 heavy (non-hydrogen) atoms. The summed E-state index contributed by atoms with van der Waals surface area (Å²) in [6.07, 6.45) is 0. The lowest BCUT2D eigenvalue weighted by Crippen LogP contribution is -2.12. The highest BCUT2D eigenvalue weighted by Crippen LogP contribution is 2.24. The van der Waals surface area contributed by atoms with E-state index < -0.39 is 11.7 Å². The molecule has 0 spiro atoms. The fraction of sp³-hybridized carbons (Fsp3) is 0. The Labute approximate surface area is 139 Å². The third-order valence-electron chi connectivity index (χ3n) is 3.33. The fourth-order valence-corrected chi connectivity index (χ4v) is 2.97. The Hall–Kier alpha value is -3.13. The van der Waals surface area contributed by atoms with Crippen LogP contribution in [0.25, 0.3) is 16.3 Å². The second-order valence-corrected chi connectivity index (χ2v) is 5.91. The van der Waals surface area contributed by atoms with E-state index in [0.717, 1.165) is 5.56 Å². The molecule has 0 radical (unpaired) electrons. The SMILES string of the molecule is O=C(Nc1nn2c(-c3ccccc3)nnc2s1)c1cccc(F)c1. The highest BCUT2D eigenvalue weighted by Gasteiger charge is 2.15. The van der Waals surface area contributed by atoms with Gasteiger partial charge in [-0.2, -0.15) is 4.52 Å². The van der Waals surface area contributed by atoms with Gasteiger partial charge in [0.1, 0.15) is 5.82 Å². The Balaban J connectivity index is 1.64. The van der Waals surface area contributed by atoms with Crippen LogP contribution in [0, 0.1) is 5.82 Å². The number of fused-ring (bicyclic) bond motifs is 1. The van der Waals surface area contributed by atoms with Crippen molar-refractivity contribution in [2.45, 2.75) is 0 Å². The zero-order valence-electron chi connectivity index (χ0n) is 12.2. The quantitative estimate of drug-likeness (QED) is 0.622. The molecule has 2 aromatic heterocycles. The monoisotopic (exact) mass is 339 g/mol. The molecule has 6 nitrogen and oxygen atoms in total. The van der Waals surface area contributed by atoms with Gasteiger partial charge in [-0.1, -0.05) is 47.7 Å². The molecule has 2 aromatic carbocycles. The molecule has 0 unspecified atom stereocenters. The number of amides is 1. The molecule has 118 valence electrons. The Kier molecular flexibility index (Phi) is 3.51. The maximum atomic E-state index is 13.2. The van der Waals surface area contributed by atoms with E-state index in [9.17, 15) is 9.18 Å². The van der Waals surface area contributed by atoms with E-state index in [-0.39, 0.29) is 5.56 Å². The molecule has 1 N–H and O–H groups in total. The van der Waals surface area contributed by atoms with Gasteiger partial charge in [0, 0.05) is 11.1 Å². The summed E-state index contributed by atoms with van der Waals surface area (Å²) >= 11 is 1.19. The van der Waals surface area contributed by atoms with Crippen LogP contribution in [-0.2, 0) is 0 Å². The van der Waals surface area contributed by atoms with Crippen LogP contribution in [0.4, 0.5) is 9.52 Å². The first-order valence-electron chi connectivity index (χ1n) is 7.05. The van der Waals surface area contributed by atoms with Gasteiger partial charge >= 0.3 is 0 Å². The summed E-state index contributed by atoms with van der Waals surface area (Å²) in [4.78, 5) is 12.7. The maximum absolute atomic E-state index is 13.2. The van der Waals surface area contributed by atoms with Crippen molar-refractivity contribution in [3.8, 4) is 11.4 Å². The van der Waals surface area contributed by atoms with Gasteiger partial charge in [0.15, 0.2) is 5.82 Å². The molecule has 0 aliphatic heterocycles. The summed E-state index contributed by atoms with van der Waals surface area (Å²) in [6.45, 7) is 0. The van der Waals surface area contributed by atoms with Crippen LogP contribution < -0.4 is 5.32 Å². The standard InChI is InChI=1S/C16H10FN5OS/c17-12-8-4-7-11(9-12)14(23)18-15-21-22-13(19-20-16(22)24-15)10-5-2-1-3-6-10/h1-9H,(H,18,21,23). The molecule has 0 atom stereocenters. The number of aromatic nitrogens is 4. The largest absolute Gasteiger partial charge is 0.296 e. The Morgan fingerprint density at radius 3 is 2.71 bits per heavy atom. The van der Waals surface area contributed by atoms with E-state index in [4.69, 9.17) is 0 Å². The minimum Gasteiger partial charge on any atom is -0.296 e. The van der Waals surface area contributed by atoms with Crippen LogP contribution in [0.5, 0.6) is 0 Å². The maximum Gasteiger partial charge on any atom is 0.257 e. The molecule has 1 amide bonds. The van der Waals surface area contributed by atoms with E-state index in [1.807, 2.05) is 30.3 Å². The van der Waals surface area contributed by atoms with Gasteiger partial charge in [-0.05, 0) is 18.2 Å². The average molecular weight is 339 g/mol. The lowest BCUT2D eigenvalue weighted by Gasteiger charge is -2.01. The predicted octanol–water partition coefficient (Wildman–Crippen LogP) is 3.24. The van der Waals surface area contributed by atoms with Crippen molar-refractivity contribution in [1.29, 1.82) is 0 Å². The minimum atomic E-state index is -0.466. The molecule has 0 saturated heterocycles. The Morgan fingerprint density at radius 1 is 1.08 bits per heavy atom. The summed E-state index contributed by atoms with van der Waals surface area (Å²) < 4.78 is 14.8. The number of hydrogen-bond acceptors (Lipinski definition) is 5. The highest BCUT2D eigenvalue weighted by atomic mass is 32.1. The van der Waals surface area contributed by atoms with Gasteiger partial charge in [-0.15, -0.1) is 15.3 Å². The summed E-state index contributed by atoms with van der Waals surface area (Å²) in [5.74, 6) is -0.305. The van der Waals surface area contributed by atoms with Gasteiger partial charge in [-0.3, -0.25) is 10.1 Å². The van der Waals surface area contributed by atoms with Crippen molar-refractivity contribution in [2.24, 2.45) is 0 Å². The fourth-order valence-electron chi connectivity index (χ4n) is 2.23. The average Bonchev–Trinajstić information content (AvgIpc) is 3.15. The molecular formula is C16H10FN5OS. The first-order valence-corrected chi connectivity index (χ1v) is 7.87. The smallest absolute Gasteiger partial charge is 0.257 e. The number of rotatable bonds is 3. The number of carbonyl (C=O) groups is 1. The molecule has 4 rings (SSSR count). The molecule has 2 heterocycles. The van der Waals surface area contributed by atoms with E-state index in [2.05, 4.69) is 20.6 Å². The van der Waals surface area contributed by atoms with Crippen LogP contribution >= 0.6 is 11.3 Å². The van der Waals surface area contributed by atoms with Gasteiger partial charge < -0.3 is 0 Å². The van der Waals surface area contributed by atoms with Crippen LogP contribution in [-0.4, -0.2) is 25.7 Å². The van der Waals surface area contributed by atoms with E-state index >= 15 is 0 Å². The van der Waals surface area contributed by atoms with Gasteiger partial charge in [0.25, 0.3) is 5.91 Å². The number of nitrogens with zero attached hydrogens (tertiary/aromatic N) is 4. The van der Waals surface area contributed by atoms with Crippen LogP contribution in [0.1, 0.15) is 10.4 Å². The minimum absolute atomic E-state index is 0.226. The van der Waals surface area contributed by atoms with Crippen molar-refractivity contribution >= 4 is 27.3 Å². The van der Waals surface area contributed by atoms with Gasteiger partial charge in [-0.25, -0.2) is 4.39 Å².